The third-order valence-electron chi connectivity index (χ3n) is 2.91. The number of unbranched alkanes of at least 4 members (excludes halogenated alkanes) is 6. The Balaban J connectivity index is 0. The molecule has 0 amide bonds. The molecule has 0 radical (unpaired) electrons. The molecule has 0 saturated heterocycles. The summed E-state index contributed by atoms with van der Waals surface area (Å²) in [7, 11) is 0. The van der Waals surface area contributed by atoms with Crippen molar-refractivity contribution in [1.82, 2.24) is 0 Å². The van der Waals surface area contributed by atoms with E-state index in [1.807, 2.05) is 0 Å². The maximum Gasteiger partial charge on any atom is -0.0533 e. The molecule has 0 spiro atoms. The van der Waals surface area contributed by atoms with Gasteiger partial charge in [0.05, 0.1) is 0 Å². The van der Waals surface area contributed by atoms with E-state index in [0.29, 0.717) is 0 Å². The first-order valence-electron chi connectivity index (χ1n) is 7.83. The zero-order chi connectivity index (χ0) is 12.5. The molecule has 1 rings (SSSR count). The molecule has 0 heterocycles. The van der Waals surface area contributed by atoms with Crippen LogP contribution in [0, 0.1) is 0 Å². The third-order valence-corrected chi connectivity index (χ3v) is 2.91. The summed E-state index contributed by atoms with van der Waals surface area (Å²) in [5.74, 6) is 0. The van der Waals surface area contributed by atoms with Crippen LogP contribution in [0.2, 0.25) is 0 Å². The van der Waals surface area contributed by atoms with Crippen LogP contribution in [0.25, 0.3) is 0 Å². The van der Waals surface area contributed by atoms with Crippen LogP contribution in [0.5, 0.6) is 0 Å². The fraction of sp³-hybridized carbons (Fsp3) is 1.00. The van der Waals surface area contributed by atoms with E-state index in [1.165, 1.54) is 77.0 Å². The molecule has 1 saturated carbocycles. The van der Waals surface area contributed by atoms with Crippen molar-refractivity contribution in [3.05, 3.63) is 0 Å². The summed E-state index contributed by atoms with van der Waals surface area (Å²) >= 11 is 0. The summed E-state index contributed by atoms with van der Waals surface area (Å²) < 4.78 is 0. The van der Waals surface area contributed by atoms with Crippen LogP contribution in [0.15, 0.2) is 0 Å². The van der Waals surface area contributed by atoms with Gasteiger partial charge in [-0.1, -0.05) is 105 Å². The highest BCUT2D eigenvalue weighted by atomic mass is 14.0. The van der Waals surface area contributed by atoms with Crippen LogP contribution in [0.4, 0.5) is 0 Å². The fourth-order valence-electron chi connectivity index (χ4n) is 1.28. The minimum atomic E-state index is 1.34. The van der Waals surface area contributed by atoms with Crippen molar-refractivity contribution in [2.45, 2.75) is 105 Å². The number of rotatable bonds is 6. The van der Waals surface area contributed by atoms with Gasteiger partial charge in [-0.15, -0.1) is 0 Å². The highest BCUT2D eigenvalue weighted by Crippen LogP contribution is 2.15. The molecule has 0 unspecified atom stereocenters. The number of hydrogen-bond donors (Lipinski definition) is 0. The second-order valence-corrected chi connectivity index (χ2v) is 4.83. The molecule has 0 heteroatoms. The van der Waals surface area contributed by atoms with Gasteiger partial charge in [0.2, 0.25) is 0 Å². The van der Waals surface area contributed by atoms with E-state index in [9.17, 15) is 0 Å². The summed E-state index contributed by atoms with van der Waals surface area (Å²) in [6.07, 6.45) is 17.1. The predicted molar refractivity (Wildman–Crippen MR) is 78.1 cm³/mol. The van der Waals surface area contributed by atoms with Crippen LogP contribution in [0.1, 0.15) is 105 Å². The van der Waals surface area contributed by atoms with Crippen molar-refractivity contribution in [2.24, 2.45) is 0 Å². The van der Waals surface area contributed by atoms with Gasteiger partial charge in [-0.05, 0) is 0 Å². The molecule has 0 aliphatic heterocycles. The first-order valence-corrected chi connectivity index (χ1v) is 7.83. The standard InChI is InChI=1S/C7H16.C5H12.C4H8/c1-3-5-7-6-4-2;1-3-5-4-2;1-2-4-3-1/h3-7H2,1-2H3;3-5H2,1-2H3;1-4H2. The normalized spacial score (nSPS) is 12.8. The lowest BCUT2D eigenvalue weighted by atomic mass is 10.0. The molecule has 0 N–H and O–H groups in total. The van der Waals surface area contributed by atoms with Gasteiger partial charge in [-0.25, -0.2) is 0 Å². The monoisotopic (exact) mass is 228 g/mol. The predicted octanol–water partition coefficient (Wildman–Crippen LogP) is 6.73. The molecule has 0 aromatic carbocycles. The molecular formula is C16H36. The van der Waals surface area contributed by atoms with Gasteiger partial charge in [0.15, 0.2) is 0 Å². The summed E-state index contributed by atoms with van der Waals surface area (Å²) in [4.78, 5) is 0. The van der Waals surface area contributed by atoms with E-state index >= 15 is 0 Å². The van der Waals surface area contributed by atoms with Crippen molar-refractivity contribution >= 4 is 0 Å². The fourth-order valence-corrected chi connectivity index (χ4v) is 1.28. The Morgan fingerprint density at radius 3 is 0.875 bits per heavy atom. The molecule has 0 aromatic heterocycles. The zero-order valence-corrected chi connectivity index (χ0v) is 12.5. The van der Waals surface area contributed by atoms with E-state index in [4.69, 9.17) is 0 Å². The lowest BCUT2D eigenvalue weighted by molar-refractivity contribution is 0.504. The van der Waals surface area contributed by atoms with Gasteiger partial charge >= 0.3 is 0 Å². The van der Waals surface area contributed by atoms with E-state index in [0.717, 1.165) is 0 Å². The Morgan fingerprint density at radius 2 is 0.750 bits per heavy atom. The summed E-state index contributed by atoms with van der Waals surface area (Å²) in [5, 5.41) is 0. The van der Waals surface area contributed by atoms with E-state index in [1.54, 1.807) is 0 Å². The quantitative estimate of drug-likeness (QED) is 0.442. The average molecular weight is 228 g/mol. The van der Waals surface area contributed by atoms with Crippen molar-refractivity contribution in [3.63, 3.8) is 0 Å². The Kier molecular flexibility index (Phi) is 23.4. The highest BCUT2D eigenvalue weighted by molar-refractivity contribution is 4.50. The first-order chi connectivity index (χ1) is 7.83. The molecule has 0 bridgehead atoms. The molecule has 1 aliphatic carbocycles. The summed E-state index contributed by atoms with van der Waals surface area (Å²) in [6, 6.07) is 0. The minimum Gasteiger partial charge on any atom is -0.0654 e. The lowest BCUT2D eigenvalue weighted by Crippen LogP contribution is -1.85. The Bertz CT molecular complexity index is 72.0. The molecular weight excluding hydrogens is 192 g/mol. The maximum absolute atomic E-state index is 2.25. The van der Waals surface area contributed by atoms with Crippen molar-refractivity contribution in [2.75, 3.05) is 0 Å². The summed E-state index contributed by atoms with van der Waals surface area (Å²) in [6.45, 7) is 8.91. The molecule has 16 heavy (non-hydrogen) atoms. The van der Waals surface area contributed by atoms with Crippen molar-refractivity contribution in [1.29, 1.82) is 0 Å². The smallest absolute Gasteiger partial charge is 0.0533 e. The molecule has 0 nitrogen and oxygen atoms in total. The van der Waals surface area contributed by atoms with Crippen molar-refractivity contribution in [3.8, 4) is 0 Å². The number of hydrogen-bond acceptors (Lipinski definition) is 0. The minimum absolute atomic E-state index is 1.34. The molecule has 1 fully saturated rings. The molecule has 0 atom stereocenters. The third kappa shape index (κ3) is 23.7. The Morgan fingerprint density at radius 1 is 0.438 bits per heavy atom. The largest absolute Gasteiger partial charge is 0.0654 e. The van der Waals surface area contributed by atoms with Gasteiger partial charge in [0.25, 0.3) is 0 Å². The van der Waals surface area contributed by atoms with Crippen LogP contribution in [0.3, 0.4) is 0 Å². The molecule has 1 aliphatic rings. The Labute approximate surface area is 105 Å². The van der Waals surface area contributed by atoms with Crippen LogP contribution in [-0.2, 0) is 0 Å². The van der Waals surface area contributed by atoms with Gasteiger partial charge in [-0.2, -0.15) is 0 Å². The topological polar surface area (TPSA) is 0 Å². The molecule has 0 aromatic rings. The van der Waals surface area contributed by atoms with Gasteiger partial charge in [0.1, 0.15) is 0 Å². The van der Waals surface area contributed by atoms with Crippen molar-refractivity contribution < 1.29 is 0 Å². The van der Waals surface area contributed by atoms with Crippen LogP contribution < -0.4 is 0 Å². The second kappa shape index (κ2) is 20.4. The molecule has 100 valence electrons. The second-order valence-electron chi connectivity index (χ2n) is 4.83. The lowest BCUT2D eigenvalue weighted by Gasteiger charge is -2.05. The Hall–Kier alpha value is 0. The average Bonchev–Trinajstić information content (AvgIpc) is 2.18. The van der Waals surface area contributed by atoms with Gasteiger partial charge in [0, 0.05) is 0 Å². The van der Waals surface area contributed by atoms with Gasteiger partial charge in [-0.3, -0.25) is 0 Å². The first kappa shape index (κ1) is 18.4. The van der Waals surface area contributed by atoms with Crippen LogP contribution >= 0.6 is 0 Å². The van der Waals surface area contributed by atoms with Crippen LogP contribution in [-0.4, -0.2) is 0 Å². The maximum atomic E-state index is 2.25. The van der Waals surface area contributed by atoms with E-state index < -0.39 is 0 Å². The SMILES string of the molecule is C1CCC1.CCCCC.CCCCCCC. The van der Waals surface area contributed by atoms with E-state index in [-0.39, 0.29) is 0 Å². The van der Waals surface area contributed by atoms with Gasteiger partial charge < -0.3 is 0 Å². The summed E-state index contributed by atoms with van der Waals surface area (Å²) in [5.41, 5.74) is 0. The highest BCUT2D eigenvalue weighted by Gasteiger charge is 1.95. The zero-order valence-electron chi connectivity index (χ0n) is 12.5. The van der Waals surface area contributed by atoms with E-state index in [2.05, 4.69) is 27.7 Å².